The number of benzene rings is 2. The maximum Gasteiger partial charge on any atom is 0.410 e. The summed E-state index contributed by atoms with van der Waals surface area (Å²) in [5.41, 5.74) is 2.40. The predicted molar refractivity (Wildman–Crippen MR) is 196 cm³/mol. The van der Waals surface area contributed by atoms with E-state index in [1.807, 2.05) is 64.1 Å². The summed E-state index contributed by atoms with van der Waals surface area (Å²) in [5.74, 6) is 1.06. The summed E-state index contributed by atoms with van der Waals surface area (Å²) in [6.07, 6.45) is 1.38. The van der Waals surface area contributed by atoms with Crippen LogP contribution in [0.2, 0.25) is 10.0 Å². The van der Waals surface area contributed by atoms with E-state index in [0.29, 0.717) is 61.5 Å². The molecule has 15 heteroatoms. The molecule has 0 aliphatic carbocycles. The number of thiazole rings is 1. The number of anilines is 4. The molecule has 3 aliphatic rings. The molecule has 7 rings (SSSR count). The number of nitrogens with one attached hydrogen (secondary N) is 1. The van der Waals surface area contributed by atoms with Crippen LogP contribution in [0.15, 0.2) is 59.5 Å². The van der Waals surface area contributed by atoms with Crippen molar-refractivity contribution >= 4 is 79.0 Å². The number of pyridine rings is 1. The highest BCUT2D eigenvalue weighted by molar-refractivity contribution is 7.93. The van der Waals surface area contributed by atoms with Crippen molar-refractivity contribution in [1.29, 1.82) is 0 Å². The number of fused-ring (bicyclic) bond motifs is 1. The number of ether oxygens (including phenoxy) is 1. The largest absolute Gasteiger partial charge is 0.444 e. The van der Waals surface area contributed by atoms with Gasteiger partial charge in [0.15, 0.2) is 5.13 Å². The van der Waals surface area contributed by atoms with E-state index in [2.05, 4.69) is 5.32 Å². The number of sulfonamides is 1. The zero-order valence-corrected chi connectivity index (χ0v) is 31.1. The Balaban J connectivity index is 1.06. The Labute approximate surface area is 305 Å². The molecule has 0 atom stereocenters. The van der Waals surface area contributed by atoms with Crippen molar-refractivity contribution < 1.29 is 22.7 Å². The summed E-state index contributed by atoms with van der Waals surface area (Å²) >= 11 is 13.9. The van der Waals surface area contributed by atoms with E-state index in [-0.39, 0.29) is 32.4 Å². The van der Waals surface area contributed by atoms with Crippen LogP contribution >= 0.6 is 34.5 Å². The van der Waals surface area contributed by atoms with Gasteiger partial charge in [-0.2, -0.15) is 0 Å². The molecule has 2 amide bonds. The number of aromatic nitrogens is 2. The van der Waals surface area contributed by atoms with Gasteiger partial charge in [0.05, 0.1) is 26.3 Å². The van der Waals surface area contributed by atoms with Gasteiger partial charge in [-0.15, -0.1) is 0 Å². The number of carbonyl (C=O) groups is 2. The van der Waals surface area contributed by atoms with Crippen LogP contribution < -0.4 is 14.5 Å². The summed E-state index contributed by atoms with van der Waals surface area (Å²) in [6, 6.07) is 15.9. The van der Waals surface area contributed by atoms with Crippen molar-refractivity contribution in [2.45, 2.75) is 57.5 Å². The lowest BCUT2D eigenvalue weighted by Crippen LogP contribution is -2.60. The van der Waals surface area contributed by atoms with Crippen molar-refractivity contribution in [3.05, 3.63) is 75.9 Å². The Bertz CT molecular complexity index is 2130. The molecule has 2 fully saturated rings. The molecule has 3 aliphatic heterocycles. The van der Waals surface area contributed by atoms with E-state index in [1.54, 1.807) is 21.9 Å². The fourth-order valence-corrected chi connectivity index (χ4v) is 10.0. The van der Waals surface area contributed by atoms with Crippen LogP contribution in [0.3, 0.4) is 0 Å². The predicted octanol–water partition coefficient (Wildman–Crippen LogP) is 7.68. The third-order valence-electron chi connectivity index (χ3n) is 8.97. The first-order valence-corrected chi connectivity index (χ1v) is 19.2. The Morgan fingerprint density at radius 3 is 2.56 bits per heavy atom. The summed E-state index contributed by atoms with van der Waals surface area (Å²) in [5, 5.41) is 4.14. The van der Waals surface area contributed by atoms with E-state index in [0.717, 1.165) is 28.1 Å². The highest BCUT2D eigenvalue weighted by atomic mass is 35.5. The molecule has 2 aromatic carbocycles. The zero-order valence-electron chi connectivity index (χ0n) is 28.0. The number of aryl methyl sites for hydroxylation is 2. The number of rotatable bonds is 6. The Morgan fingerprint density at radius 1 is 1.04 bits per heavy atom. The molecule has 0 radical (unpaired) electrons. The van der Waals surface area contributed by atoms with Crippen molar-refractivity contribution in [2.24, 2.45) is 5.41 Å². The van der Waals surface area contributed by atoms with E-state index >= 15 is 0 Å². The van der Waals surface area contributed by atoms with Crippen LogP contribution in [-0.2, 0) is 26.0 Å². The van der Waals surface area contributed by atoms with Crippen molar-refractivity contribution in [1.82, 2.24) is 14.9 Å². The van der Waals surface area contributed by atoms with Crippen LogP contribution in [0, 0.1) is 12.3 Å². The van der Waals surface area contributed by atoms with Gasteiger partial charge >= 0.3 is 6.09 Å². The monoisotopic (exact) mass is 754 g/mol. The first kappa shape index (κ1) is 34.5. The molecular weight excluding hydrogens is 719 g/mol. The van der Waals surface area contributed by atoms with Gasteiger partial charge in [0.25, 0.3) is 10.0 Å². The summed E-state index contributed by atoms with van der Waals surface area (Å²) in [6.45, 7) is 9.19. The van der Waals surface area contributed by atoms with Gasteiger partial charge < -0.3 is 15.0 Å². The number of halogens is 2. The van der Waals surface area contributed by atoms with Gasteiger partial charge in [0, 0.05) is 38.0 Å². The quantitative estimate of drug-likeness (QED) is 0.213. The topological polar surface area (TPSA) is 125 Å². The van der Waals surface area contributed by atoms with Gasteiger partial charge in [0.2, 0.25) is 5.91 Å². The second-order valence-electron chi connectivity index (χ2n) is 14.0. The molecule has 262 valence electrons. The fourth-order valence-electron chi connectivity index (χ4n) is 6.76. The van der Waals surface area contributed by atoms with Crippen LogP contribution in [-0.4, -0.2) is 67.1 Å². The smallest absolute Gasteiger partial charge is 0.410 e. The number of nitrogens with zero attached hydrogens (tertiary/aromatic N) is 5. The molecule has 1 spiro atoms. The number of carbonyl (C=O) groups excluding carboxylic acids is 2. The lowest BCUT2D eigenvalue weighted by Gasteiger charge is -2.47. The average molecular weight is 756 g/mol. The van der Waals surface area contributed by atoms with E-state index < -0.39 is 15.6 Å². The molecule has 0 saturated carbocycles. The van der Waals surface area contributed by atoms with Crippen molar-refractivity contribution in [2.75, 3.05) is 40.7 Å². The SMILES string of the molecule is Cc1nc(Nc2cccc(N3CC4(CC3=O)CN(C(=O)OC(C)(C)C)C4)n2)sc1-c1ccc2c(c1)CCCN2S(=O)(=O)c1cccc(Cl)c1Cl. The maximum atomic E-state index is 13.7. The molecule has 2 aromatic heterocycles. The van der Waals surface area contributed by atoms with Crippen LogP contribution in [0.1, 0.15) is 44.9 Å². The first-order valence-electron chi connectivity index (χ1n) is 16.2. The Morgan fingerprint density at radius 2 is 1.80 bits per heavy atom. The first-order chi connectivity index (χ1) is 23.6. The minimum atomic E-state index is -3.93. The van der Waals surface area contributed by atoms with Gasteiger partial charge in [-0.05, 0) is 88.1 Å². The number of hydrogen-bond donors (Lipinski definition) is 1. The third-order valence-corrected chi connectivity index (χ3v) is 12.9. The van der Waals surface area contributed by atoms with Gasteiger partial charge in [0.1, 0.15) is 22.1 Å². The van der Waals surface area contributed by atoms with Crippen LogP contribution in [0.25, 0.3) is 10.4 Å². The van der Waals surface area contributed by atoms with Crippen LogP contribution in [0.5, 0.6) is 0 Å². The molecule has 2 saturated heterocycles. The van der Waals surface area contributed by atoms with Gasteiger partial charge in [-0.1, -0.05) is 52.7 Å². The number of hydrogen-bond acceptors (Lipinski definition) is 9. The standard InChI is InChI=1S/C35H36Cl2N6O5S2/c1-21-31(23-13-14-25-22(16-23)8-7-15-43(25)50(46,47)26-10-5-9-24(36)30(26)37)49-32(38-21)40-27-11-6-12-28(39-27)42-20-35(17-29(42)44)18-41(19-35)33(45)48-34(2,3)4/h5-6,9-14,16H,7-8,15,17-20H2,1-4H3,(H,38,39,40). The number of likely N-dealkylation sites (tertiary alicyclic amines) is 1. The molecule has 50 heavy (non-hydrogen) atoms. The molecule has 11 nitrogen and oxygen atoms in total. The molecule has 0 bridgehead atoms. The summed E-state index contributed by atoms with van der Waals surface area (Å²) in [7, 11) is -3.93. The lowest BCUT2D eigenvalue weighted by atomic mass is 9.79. The molecular formula is C35H36Cl2N6O5S2. The molecule has 5 heterocycles. The minimum absolute atomic E-state index is 0.0131. The van der Waals surface area contributed by atoms with Crippen LogP contribution in [0.4, 0.5) is 27.2 Å². The number of amides is 2. The third kappa shape index (κ3) is 6.52. The highest BCUT2D eigenvalue weighted by Crippen LogP contribution is 2.43. The summed E-state index contributed by atoms with van der Waals surface area (Å²) < 4.78 is 34.3. The highest BCUT2D eigenvalue weighted by Gasteiger charge is 2.54. The van der Waals surface area contributed by atoms with Crippen molar-refractivity contribution in [3.8, 4) is 10.4 Å². The van der Waals surface area contributed by atoms with E-state index in [9.17, 15) is 18.0 Å². The summed E-state index contributed by atoms with van der Waals surface area (Å²) in [4.78, 5) is 39.3. The average Bonchev–Trinajstić information content (AvgIpc) is 3.59. The fraction of sp³-hybridized carbons (Fsp3) is 0.371. The normalized spacial score (nSPS) is 17.2. The second-order valence-corrected chi connectivity index (χ2v) is 17.6. The minimum Gasteiger partial charge on any atom is -0.444 e. The van der Waals surface area contributed by atoms with E-state index in [4.69, 9.17) is 37.9 Å². The Hall–Kier alpha value is -3.91. The second kappa shape index (κ2) is 12.7. The Kier molecular flexibility index (Phi) is 8.77. The molecule has 4 aromatic rings. The molecule has 1 N–H and O–H groups in total. The zero-order chi connectivity index (χ0) is 35.6. The maximum absolute atomic E-state index is 13.7. The van der Waals surface area contributed by atoms with Gasteiger partial charge in [-0.25, -0.2) is 23.2 Å². The van der Waals surface area contributed by atoms with Crippen molar-refractivity contribution in [3.63, 3.8) is 0 Å². The molecule has 0 unspecified atom stereocenters. The van der Waals surface area contributed by atoms with Gasteiger partial charge in [-0.3, -0.25) is 14.0 Å². The lowest BCUT2D eigenvalue weighted by molar-refractivity contribution is -0.119. The van der Waals surface area contributed by atoms with E-state index in [1.165, 1.54) is 21.7 Å².